The number of likely N-dealkylation sites (tertiary alicyclic amines) is 1. The van der Waals surface area contributed by atoms with Crippen LogP contribution >= 0.6 is 0 Å². The number of hydrogen-bond donors (Lipinski definition) is 6. The maximum Gasteiger partial charge on any atom is 0.326 e. The lowest BCUT2D eigenvalue weighted by Gasteiger charge is -2.30. The second-order valence-corrected chi connectivity index (χ2v) is 8.63. The molecular formula is C21H32N6O7. The van der Waals surface area contributed by atoms with Gasteiger partial charge in [0.15, 0.2) is 0 Å². The van der Waals surface area contributed by atoms with Crippen LogP contribution in [0.1, 0.15) is 45.2 Å². The van der Waals surface area contributed by atoms with Crippen LogP contribution in [-0.4, -0.2) is 85.5 Å². The predicted octanol–water partition coefficient (Wildman–Crippen LogP) is -1.15. The first-order chi connectivity index (χ1) is 16.0. The van der Waals surface area contributed by atoms with E-state index in [4.69, 9.17) is 10.8 Å². The normalized spacial score (nSPS) is 18.2. The number of aromatic amines is 1. The molecule has 0 spiro atoms. The highest BCUT2D eigenvalue weighted by Crippen LogP contribution is 2.20. The van der Waals surface area contributed by atoms with Gasteiger partial charge >= 0.3 is 11.9 Å². The van der Waals surface area contributed by atoms with E-state index in [-0.39, 0.29) is 25.3 Å². The van der Waals surface area contributed by atoms with Crippen LogP contribution in [0.2, 0.25) is 0 Å². The minimum absolute atomic E-state index is 0.0938. The fraction of sp³-hybridized carbons (Fsp3) is 0.619. The van der Waals surface area contributed by atoms with Crippen molar-refractivity contribution in [3.05, 3.63) is 18.2 Å². The molecule has 1 aromatic heterocycles. The van der Waals surface area contributed by atoms with Gasteiger partial charge in [-0.05, 0) is 25.2 Å². The van der Waals surface area contributed by atoms with Crippen LogP contribution in [-0.2, 0) is 30.4 Å². The summed E-state index contributed by atoms with van der Waals surface area (Å²) in [5.74, 6) is -4.41. The summed E-state index contributed by atoms with van der Waals surface area (Å²) in [5.41, 5.74) is 6.52. The van der Waals surface area contributed by atoms with Gasteiger partial charge < -0.3 is 36.5 Å². The van der Waals surface area contributed by atoms with Gasteiger partial charge in [0.1, 0.15) is 18.1 Å². The first-order valence-electron chi connectivity index (χ1n) is 11.1. The number of aliphatic carboxylic acids is 2. The van der Waals surface area contributed by atoms with E-state index in [1.165, 1.54) is 17.4 Å². The number of nitrogens with zero attached hydrogens (tertiary/aromatic N) is 2. The van der Waals surface area contributed by atoms with Gasteiger partial charge in [-0.15, -0.1) is 0 Å². The molecule has 4 unspecified atom stereocenters. The molecule has 4 atom stereocenters. The SMILES string of the molecule is CC(C)C(N)C(=O)NC(Cc1cnc[nH]1)C(=O)N1CCCC1C(=O)NC(CCC(=O)O)C(=O)O. The van der Waals surface area contributed by atoms with Crippen LogP contribution in [0.3, 0.4) is 0 Å². The molecule has 1 aromatic rings. The summed E-state index contributed by atoms with van der Waals surface area (Å²) in [6.45, 7) is 3.80. The average Bonchev–Trinajstić information content (AvgIpc) is 3.46. The van der Waals surface area contributed by atoms with Crippen molar-refractivity contribution in [1.29, 1.82) is 0 Å². The molecule has 0 bridgehead atoms. The van der Waals surface area contributed by atoms with Crippen molar-refractivity contribution in [2.24, 2.45) is 11.7 Å². The molecule has 7 N–H and O–H groups in total. The predicted molar refractivity (Wildman–Crippen MR) is 118 cm³/mol. The summed E-state index contributed by atoms with van der Waals surface area (Å²) < 4.78 is 0. The Hall–Kier alpha value is -3.48. The van der Waals surface area contributed by atoms with Gasteiger partial charge in [0, 0.05) is 31.3 Å². The summed E-state index contributed by atoms with van der Waals surface area (Å²) in [5, 5.41) is 23.1. The third-order valence-electron chi connectivity index (χ3n) is 5.71. The van der Waals surface area contributed by atoms with Crippen molar-refractivity contribution in [2.45, 2.75) is 70.1 Å². The molecule has 1 fully saturated rings. The number of nitrogens with two attached hydrogens (primary N) is 1. The Morgan fingerprint density at radius 1 is 1.21 bits per heavy atom. The second-order valence-electron chi connectivity index (χ2n) is 8.63. The van der Waals surface area contributed by atoms with Crippen molar-refractivity contribution >= 4 is 29.7 Å². The number of hydrogen-bond acceptors (Lipinski definition) is 7. The molecule has 2 rings (SSSR count). The standard InChI is InChI=1S/C21H32N6O7/c1-11(2)17(22)19(31)26-14(8-12-9-23-10-24-12)20(32)27-7-3-4-15(27)18(30)25-13(21(33)34)5-6-16(28)29/h9-11,13-15,17H,3-8,22H2,1-2H3,(H,23,24)(H,25,30)(H,26,31)(H,28,29)(H,33,34). The van der Waals surface area contributed by atoms with Crippen molar-refractivity contribution in [1.82, 2.24) is 25.5 Å². The van der Waals surface area contributed by atoms with E-state index in [9.17, 15) is 29.1 Å². The highest BCUT2D eigenvalue weighted by molar-refractivity contribution is 5.94. The molecule has 1 saturated heterocycles. The largest absolute Gasteiger partial charge is 0.481 e. The summed E-state index contributed by atoms with van der Waals surface area (Å²) in [6.07, 6.45) is 3.14. The fourth-order valence-electron chi connectivity index (χ4n) is 3.68. The van der Waals surface area contributed by atoms with Crippen LogP contribution in [0.15, 0.2) is 12.5 Å². The number of carbonyl (C=O) groups excluding carboxylic acids is 3. The summed E-state index contributed by atoms with van der Waals surface area (Å²) >= 11 is 0. The van der Waals surface area contributed by atoms with E-state index in [1.54, 1.807) is 13.8 Å². The minimum Gasteiger partial charge on any atom is -0.481 e. The lowest BCUT2D eigenvalue weighted by Crippen LogP contribution is -2.57. The average molecular weight is 481 g/mol. The van der Waals surface area contributed by atoms with Crippen molar-refractivity contribution in [2.75, 3.05) is 6.54 Å². The van der Waals surface area contributed by atoms with Crippen molar-refractivity contribution < 1.29 is 34.2 Å². The lowest BCUT2D eigenvalue weighted by atomic mass is 10.0. The quantitative estimate of drug-likeness (QED) is 0.213. The molecule has 0 radical (unpaired) electrons. The van der Waals surface area contributed by atoms with Gasteiger partial charge in [0.25, 0.3) is 0 Å². The van der Waals surface area contributed by atoms with E-state index in [2.05, 4.69) is 20.6 Å². The molecule has 13 heteroatoms. The van der Waals surface area contributed by atoms with Crippen molar-refractivity contribution in [3.63, 3.8) is 0 Å². The van der Waals surface area contributed by atoms with E-state index >= 15 is 0 Å². The molecule has 0 saturated carbocycles. The zero-order valence-electron chi connectivity index (χ0n) is 19.2. The van der Waals surface area contributed by atoms with Crippen LogP contribution in [0, 0.1) is 5.92 Å². The number of carbonyl (C=O) groups is 5. The third-order valence-corrected chi connectivity index (χ3v) is 5.71. The number of imidazole rings is 1. The number of nitrogens with one attached hydrogen (secondary N) is 3. The molecule has 0 aromatic carbocycles. The van der Waals surface area contributed by atoms with E-state index in [0.717, 1.165) is 0 Å². The number of carboxylic acid groups (broad SMARTS) is 2. The van der Waals surface area contributed by atoms with Crippen LogP contribution in [0.5, 0.6) is 0 Å². The Morgan fingerprint density at radius 2 is 1.91 bits per heavy atom. The highest BCUT2D eigenvalue weighted by Gasteiger charge is 2.39. The smallest absolute Gasteiger partial charge is 0.326 e. The van der Waals surface area contributed by atoms with Gasteiger partial charge in [0.2, 0.25) is 17.7 Å². The topological polar surface area (TPSA) is 208 Å². The zero-order valence-corrected chi connectivity index (χ0v) is 19.2. The molecule has 188 valence electrons. The van der Waals surface area contributed by atoms with E-state index in [1.807, 2.05) is 0 Å². The Kier molecular flexibility index (Phi) is 9.54. The maximum atomic E-state index is 13.4. The van der Waals surface area contributed by atoms with E-state index < -0.39 is 60.2 Å². The molecule has 2 heterocycles. The van der Waals surface area contributed by atoms with Crippen LogP contribution in [0.4, 0.5) is 0 Å². The summed E-state index contributed by atoms with van der Waals surface area (Å²) in [7, 11) is 0. The van der Waals surface area contributed by atoms with Crippen LogP contribution in [0.25, 0.3) is 0 Å². The lowest BCUT2D eigenvalue weighted by molar-refractivity contribution is -0.145. The summed E-state index contributed by atoms with van der Waals surface area (Å²) in [4.78, 5) is 69.2. The Balaban J connectivity index is 2.16. The van der Waals surface area contributed by atoms with Gasteiger partial charge in [-0.1, -0.05) is 13.8 Å². The Morgan fingerprint density at radius 3 is 2.47 bits per heavy atom. The third kappa shape index (κ3) is 7.27. The Bertz CT molecular complexity index is 888. The fourth-order valence-corrected chi connectivity index (χ4v) is 3.68. The number of carboxylic acids is 2. The number of aromatic nitrogens is 2. The molecule has 13 nitrogen and oxygen atoms in total. The first-order valence-corrected chi connectivity index (χ1v) is 11.1. The van der Waals surface area contributed by atoms with Gasteiger partial charge in [-0.3, -0.25) is 19.2 Å². The molecule has 34 heavy (non-hydrogen) atoms. The Labute approximate surface area is 196 Å². The maximum absolute atomic E-state index is 13.4. The minimum atomic E-state index is -1.40. The summed E-state index contributed by atoms with van der Waals surface area (Å²) in [6, 6.07) is -4.20. The zero-order chi connectivity index (χ0) is 25.4. The van der Waals surface area contributed by atoms with Gasteiger partial charge in [-0.2, -0.15) is 0 Å². The number of H-pyrrole nitrogens is 1. The van der Waals surface area contributed by atoms with Gasteiger partial charge in [-0.25, -0.2) is 9.78 Å². The molecule has 1 aliphatic heterocycles. The monoisotopic (exact) mass is 480 g/mol. The second kappa shape index (κ2) is 12.1. The first kappa shape index (κ1) is 26.8. The van der Waals surface area contributed by atoms with E-state index in [0.29, 0.717) is 18.5 Å². The molecule has 3 amide bonds. The van der Waals surface area contributed by atoms with Crippen LogP contribution < -0.4 is 16.4 Å². The number of amides is 3. The molecule has 0 aliphatic carbocycles. The van der Waals surface area contributed by atoms with Gasteiger partial charge in [0.05, 0.1) is 12.4 Å². The highest BCUT2D eigenvalue weighted by atomic mass is 16.4. The van der Waals surface area contributed by atoms with Crippen molar-refractivity contribution in [3.8, 4) is 0 Å². The molecular weight excluding hydrogens is 448 g/mol. The number of rotatable bonds is 12. The molecule has 1 aliphatic rings.